The number of amides is 1. The Bertz CT molecular complexity index is 262. The average molecular weight is 288 g/mol. The van der Waals surface area contributed by atoms with Gasteiger partial charge in [-0.2, -0.15) is 0 Å². The Hall–Kier alpha value is -0.650. The van der Waals surface area contributed by atoms with Crippen LogP contribution in [0.25, 0.3) is 0 Å². The summed E-state index contributed by atoms with van der Waals surface area (Å²) in [7, 11) is 1.81. The van der Waals surface area contributed by atoms with E-state index in [-0.39, 0.29) is 17.4 Å². The van der Waals surface area contributed by atoms with E-state index in [1.54, 1.807) is 11.9 Å². The van der Waals surface area contributed by atoms with Gasteiger partial charge in [0, 0.05) is 31.6 Å². The van der Waals surface area contributed by atoms with Gasteiger partial charge in [0.25, 0.3) is 0 Å². The van der Waals surface area contributed by atoms with Crippen molar-refractivity contribution in [2.75, 3.05) is 46.6 Å². The minimum absolute atomic E-state index is 0.0404. The first-order valence-corrected chi connectivity index (χ1v) is 7.39. The quantitative estimate of drug-likeness (QED) is 0.619. The van der Waals surface area contributed by atoms with Gasteiger partial charge in [-0.1, -0.05) is 13.8 Å². The lowest BCUT2D eigenvalue weighted by Gasteiger charge is -2.20. The Morgan fingerprint density at radius 3 is 2.15 bits per heavy atom. The highest BCUT2D eigenvalue weighted by Crippen LogP contribution is 1.98. The molecule has 0 aromatic heterocycles. The molecule has 0 saturated carbocycles. The zero-order valence-electron chi connectivity index (χ0n) is 14.0. The lowest BCUT2D eigenvalue weighted by molar-refractivity contribution is -0.133. The number of rotatable bonds is 10. The number of nitrogens with zero attached hydrogens (tertiary/aromatic N) is 1. The summed E-state index contributed by atoms with van der Waals surface area (Å²) in [5.74, 6) is 0.191. The molecule has 0 aliphatic rings. The smallest absolute Gasteiger partial charge is 0.224 e. The standard InChI is InChI=1S/C15H32N2O3/c1-13(2)14(18)17(6)8-10-20-12-11-19-9-7-16-15(3,4)5/h13,16H,7-12H2,1-6H3. The molecule has 0 atom stereocenters. The lowest BCUT2D eigenvalue weighted by Crippen LogP contribution is -2.38. The zero-order chi connectivity index (χ0) is 15.6. The van der Waals surface area contributed by atoms with Crippen LogP contribution in [-0.4, -0.2) is 62.9 Å². The number of carbonyl (C=O) groups excluding carboxylic acids is 1. The maximum atomic E-state index is 11.6. The Morgan fingerprint density at radius 1 is 1.10 bits per heavy atom. The summed E-state index contributed by atoms with van der Waals surface area (Å²) >= 11 is 0. The molecule has 0 aromatic rings. The molecule has 5 heteroatoms. The number of likely N-dealkylation sites (N-methyl/N-ethyl adjacent to an activating group) is 1. The van der Waals surface area contributed by atoms with E-state index < -0.39 is 0 Å². The maximum absolute atomic E-state index is 11.6. The highest BCUT2D eigenvalue weighted by molar-refractivity contribution is 5.77. The normalized spacial score (nSPS) is 11.9. The molecule has 120 valence electrons. The average Bonchev–Trinajstić information content (AvgIpc) is 2.34. The van der Waals surface area contributed by atoms with Crippen molar-refractivity contribution in [2.45, 2.75) is 40.2 Å². The molecule has 0 spiro atoms. The Labute approximate surface area is 124 Å². The summed E-state index contributed by atoms with van der Waals surface area (Å²) < 4.78 is 10.9. The van der Waals surface area contributed by atoms with Gasteiger partial charge in [0.1, 0.15) is 0 Å². The van der Waals surface area contributed by atoms with Gasteiger partial charge >= 0.3 is 0 Å². The Balaban J connectivity index is 3.35. The van der Waals surface area contributed by atoms with Crippen molar-refractivity contribution in [3.63, 3.8) is 0 Å². The lowest BCUT2D eigenvalue weighted by atomic mass is 10.1. The molecule has 0 aliphatic heterocycles. The monoisotopic (exact) mass is 288 g/mol. The summed E-state index contributed by atoms with van der Waals surface area (Å²) in [6, 6.07) is 0. The predicted octanol–water partition coefficient (Wildman–Crippen LogP) is 1.52. The fourth-order valence-electron chi connectivity index (χ4n) is 1.57. The molecule has 1 amide bonds. The SMILES string of the molecule is CC(C)C(=O)N(C)CCOCCOCCNC(C)(C)C. The summed E-state index contributed by atoms with van der Waals surface area (Å²) in [6.45, 7) is 14.1. The third-order valence-corrected chi connectivity index (χ3v) is 2.71. The van der Waals surface area contributed by atoms with Gasteiger partial charge in [-0.05, 0) is 20.8 Å². The maximum Gasteiger partial charge on any atom is 0.224 e. The summed E-state index contributed by atoms with van der Waals surface area (Å²) in [6.07, 6.45) is 0. The first-order chi connectivity index (χ1) is 9.24. The second kappa shape index (κ2) is 10.1. The molecule has 0 saturated heterocycles. The van der Waals surface area contributed by atoms with Crippen molar-refractivity contribution < 1.29 is 14.3 Å². The Morgan fingerprint density at radius 2 is 1.65 bits per heavy atom. The van der Waals surface area contributed by atoms with Gasteiger partial charge in [-0.25, -0.2) is 0 Å². The summed E-state index contributed by atoms with van der Waals surface area (Å²) in [5.41, 5.74) is 0.132. The number of nitrogens with one attached hydrogen (secondary N) is 1. The van der Waals surface area contributed by atoms with Crippen molar-refractivity contribution in [3.8, 4) is 0 Å². The van der Waals surface area contributed by atoms with E-state index in [2.05, 4.69) is 26.1 Å². The molecule has 20 heavy (non-hydrogen) atoms. The second-order valence-electron chi connectivity index (χ2n) is 6.32. The number of ether oxygens (including phenoxy) is 2. The van der Waals surface area contributed by atoms with Crippen LogP contribution in [0.1, 0.15) is 34.6 Å². The van der Waals surface area contributed by atoms with E-state index in [9.17, 15) is 4.79 Å². The zero-order valence-corrected chi connectivity index (χ0v) is 14.0. The Kier molecular flexibility index (Phi) is 9.80. The van der Waals surface area contributed by atoms with E-state index >= 15 is 0 Å². The fraction of sp³-hybridized carbons (Fsp3) is 0.933. The van der Waals surface area contributed by atoms with E-state index in [1.807, 2.05) is 13.8 Å². The number of hydrogen-bond donors (Lipinski definition) is 1. The van der Waals surface area contributed by atoms with Crippen molar-refractivity contribution in [2.24, 2.45) is 5.92 Å². The van der Waals surface area contributed by atoms with Crippen LogP contribution in [0.2, 0.25) is 0 Å². The van der Waals surface area contributed by atoms with E-state index in [0.29, 0.717) is 33.0 Å². The topological polar surface area (TPSA) is 50.8 Å². The summed E-state index contributed by atoms with van der Waals surface area (Å²) in [5, 5.41) is 3.35. The minimum Gasteiger partial charge on any atom is -0.378 e. The van der Waals surface area contributed by atoms with Crippen LogP contribution in [0.15, 0.2) is 0 Å². The molecule has 0 bridgehead atoms. The molecule has 1 N–H and O–H groups in total. The number of hydrogen-bond acceptors (Lipinski definition) is 4. The van der Waals surface area contributed by atoms with Gasteiger partial charge in [0.2, 0.25) is 5.91 Å². The van der Waals surface area contributed by atoms with Crippen LogP contribution >= 0.6 is 0 Å². The van der Waals surface area contributed by atoms with Crippen LogP contribution in [-0.2, 0) is 14.3 Å². The van der Waals surface area contributed by atoms with Crippen LogP contribution in [0.3, 0.4) is 0 Å². The van der Waals surface area contributed by atoms with Gasteiger partial charge in [0.15, 0.2) is 0 Å². The first-order valence-electron chi connectivity index (χ1n) is 7.39. The van der Waals surface area contributed by atoms with Crippen LogP contribution < -0.4 is 5.32 Å². The molecule has 0 heterocycles. The van der Waals surface area contributed by atoms with E-state index in [1.165, 1.54) is 0 Å². The molecule has 0 unspecified atom stereocenters. The molecule has 0 aliphatic carbocycles. The fourth-order valence-corrected chi connectivity index (χ4v) is 1.57. The molecule has 0 rings (SSSR count). The second-order valence-corrected chi connectivity index (χ2v) is 6.32. The molecule has 0 aromatic carbocycles. The van der Waals surface area contributed by atoms with Crippen LogP contribution in [0, 0.1) is 5.92 Å². The van der Waals surface area contributed by atoms with Gasteiger partial charge in [0.05, 0.1) is 26.4 Å². The van der Waals surface area contributed by atoms with Crippen molar-refractivity contribution in [3.05, 3.63) is 0 Å². The third-order valence-electron chi connectivity index (χ3n) is 2.71. The predicted molar refractivity (Wildman–Crippen MR) is 81.9 cm³/mol. The highest BCUT2D eigenvalue weighted by atomic mass is 16.5. The molecule has 0 fully saturated rings. The molecular weight excluding hydrogens is 256 g/mol. The van der Waals surface area contributed by atoms with Gasteiger partial charge < -0.3 is 19.7 Å². The molecule has 5 nitrogen and oxygen atoms in total. The van der Waals surface area contributed by atoms with Crippen molar-refractivity contribution in [1.29, 1.82) is 0 Å². The molecule has 0 radical (unpaired) electrons. The van der Waals surface area contributed by atoms with Crippen molar-refractivity contribution >= 4 is 5.91 Å². The van der Waals surface area contributed by atoms with Gasteiger partial charge in [-0.3, -0.25) is 4.79 Å². The minimum atomic E-state index is 0.0404. The number of carbonyl (C=O) groups is 1. The first kappa shape index (κ1) is 19.4. The van der Waals surface area contributed by atoms with Crippen LogP contribution in [0.4, 0.5) is 0 Å². The van der Waals surface area contributed by atoms with Gasteiger partial charge in [-0.15, -0.1) is 0 Å². The largest absolute Gasteiger partial charge is 0.378 e. The highest BCUT2D eigenvalue weighted by Gasteiger charge is 2.12. The van der Waals surface area contributed by atoms with Crippen molar-refractivity contribution in [1.82, 2.24) is 10.2 Å². The van der Waals surface area contributed by atoms with E-state index in [0.717, 1.165) is 6.54 Å². The molecular formula is C15H32N2O3. The summed E-state index contributed by atoms with van der Waals surface area (Å²) in [4.78, 5) is 13.3. The third kappa shape index (κ3) is 11.2. The van der Waals surface area contributed by atoms with Crippen LogP contribution in [0.5, 0.6) is 0 Å². The van der Waals surface area contributed by atoms with E-state index in [4.69, 9.17) is 9.47 Å².